The number of anilines is 1. The number of carboxylic acids is 1. The van der Waals surface area contributed by atoms with Crippen molar-refractivity contribution in [2.24, 2.45) is 0 Å². The topological polar surface area (TPSA) is 128 Å². The van der Waals surface area contributed by atoms with Gasteiger partial charge in [-0.05, 0) is 44.5 Å². The average Bonchev–Trinajstić information content (AvgIpc) is 3.22. The number of benzene rings is 2. The monoisotopic (exact) mass is 518 g/mol. The van der Waals surface area contributed by atoms with Crippen LogP contribution >= 0.6 is 23.4 Å². The second-order valence-corrected chi connectivity index (χ2v) is 10.3. The summed E-state index contributed by atoms with van der Waals surface area (Å²) in [7, 11) is 0. The maximum Gasteiger partial charge on any atom is 0.330 e. The molecule has 0 bridgehead atoms. The lowest BCUT2D eigenvalue weighted by Crippen LogP contribution is -2.49. The van der Waals surface area contributed by atoms with E-state index in [0.717, 1.165) is 0 Å². The summed E-state index contributed by atoms with van der Waals surface area (Å²) in [5.41, 5.74) is 0.0451. The molecule has 2 atom stereocenters. The molecule has 2 aromatic rings. The van der Waals surface area contributed by atoms with Gasteiger partial charge in [-0.15, -0.1) is 11.8 Å². The lowest BCUT2D eigenvalue weighted by Gasteiger charge is -2.31. The zero-order chi connectivity index (χ0) is 25.8. The Kier molecular flexibility index (Phi) is 8.29. The number of nitrogens with one attached hydrogen (secondary N) is 2. The van der Waals surface area contributed by atoms with Gasteiger partial charge in [-0.3, -0.25) is 4.79 Å². The summed E-state index contributed by atoms with van der Waals surface area (Å²) in [5.74, 6) is -2.13. The highest BCUT2D eigenvalue weighted by molar-refractivity contribution is 7.99. The SMILES string of the molecule is CC(C)(C)OC(=O)C1CSC(c2ccccc2Cl)N1C(=O)CNC(=O)Nc1cccc(C(=O)[O-])c1. The summed E-state index contributed by atoms with van der Waals surface area (Å²) in [4.78, 5) is 50.9. The Labute approximate surface area is 212 Å². The summed E-state index contributed by atoms with van der Waals surface area (Å²) in [6.07, 6.45) is 0. The number of hydrogen-bond acceptors (Lipinski definition) is 7. The van der Waals surface area contributed by atoms with Crippen LogP contribution in [0.15, 0.2) is 48.5 Å². The van der Waals surface area contributed by atoms with Crippen LogP contribution in [0.4, 0.5) is 10.5 Å². The first-order valence-corrected chi connectivity index (χ1v) is 12.2. The van der Waals surface area contributed by atoms with E-state index < -0.39 is 47.4 Å². The van der Waals surface area contributed by atoms with Gasteiger partial charge in [0.1, 0.15) is 17.0 Å². The molecule has 186 valence electrons. The number of amides is 3. The van der Waals surface area contributed by atoms with E-state index in [-0.39, 0.29) is 11.3 Å². The van der Waals surface area contributed by atoms with E-state index in [1.165, 1.54) is 40.9 Å². The van der Waals surface area contributed by atoms with E-state index >= 15 is 0 Å². The van der Waals surface area contributed by atoms with Gasteiger partial charge in [0.15, 0.2) is 0 Å². The van der Waals surface area contributed by atoms with Gasteiger partial charge in [0.25, 0.3) is 0 Å². The Morgan fingerprint density at radius 1 is 1.14 bits per heavy atom. The molecule has 2 aromatic carbocycles. The van der Waals surface area contributed by atoms with Crippen LogP contribution in [-0.4, -0.2) is 52.7 Å². The first kappa shape index (κ1) is 26.4. The Balaban J connectivity index is 1.74. The van der Waals surface area contributed by atoms with Crippen LogP contribution < -0.4 is 15.7 Å². The van der Waals surface area contributed by atoms with Crippen LogP contribution in [-0.2, 0) is 14.3 Å². The standard InChI is InChI=1S/C24H26ClN3O6S/c1-24(2,3)34-22(32)18-13-35-20(16-9-4-5-10-17(16)25)28(18)19(29)12-26-23(33)27-15-8-6-7-14(11-15)21(30)31/h4-11,18,20H,12-13H2,1-3H3,(H,30,31)(H2,26,27,33)/p-1. The molecule has 1 aliphatic rings. The van der Waals surface area contributed by atoms with Crippen LogP contribution in [0.5, 0.6) is 0 Å². The molecule has 2 N–H and O–H groups in total. The molecule has 11 heteroatoms. The molecule has 0 aromatic heterocycles. The molecule has 9 nitrogen and oxygen atoms in total. The molecule has 0 aliphatic carbocycles. The number of esters is 1. The Morgan fingerprint density at radius 3 is 2.51 bits per heavy atom. The second kappa shape index (κ2) is 11.0. The molecule has 0 spiro atoms. The highest BCUT2D eigenvalue weighted by Crippen LogP contribution is 2.44. The maximum atomic E-state index is 13.3. The van der Waals surface area contributed by atoms with Gasteiger partial charge in [-0.2, -0.15) is 0 Å². The molecular formula is C24H25ClN3O6S-. The predicted molar refractivity (Wildman–Crippen MR) is 131 cm³/mol. The largest absolute Gasteiger partial charge is 0.545 e. The quantitative estimate of drug-likeness (QED) is 0.563. The van der Waals surface area contributed by atoms with Crippen molar-refractivity contribution >= 4 is 52.9 Å². The number of carbonyl (C=O) groups is 4. The molecule has 0 radical (unpaired) electrons. The van der Waals surface area contributed by atoms with Gasteiger partial charge in [-0.1, -0.05) is 41.9 Å². The first-order valence-electron chi connectivity index (χ1n) is 10.7. The summed E-state index contributed by atoms with van der Waals surface area (Å²) in [6.45, 7) is 4.82. The van der Waals surface area contributed by atoms with Gasteiger partial charge < -0.3 is 30.2 Å². The molecule has 35 heavy (non-hydrogen) atoms. The normalized spacial score (nSPS) is 17.5. The highest BCUT2D eigenvalue weighted by Gasteiger charge is 2.44. The van der Waals surface area contributed by atoms with Crippen LogP contribution in [0.25, 0.3) is 0 Å². The number of rotatable bonds is 6. The smallest absolute Gasteiger partial charge is 0.330 e. The van der Waals surface area contributed by atoms with Crippen molar-refractivity contribution in [3.63, 3.8) is 0 Å². The number of thioether (sulfide) groups is 1. The molecule has 1 aliphatic heterocycles. The summed E-state index contributed by atoms with van der Waals surface area (Å²) < 4.78 is 5.52. The third kappa shape index (κ3) is 6.89. The molecule has 3 amide bonds. The minimum atomic E-state index is -1.38. The average molecular weight is 519 g/mol. The number of aromatic carboxylic acids is 1. The van der Waals surface area contributed by atoms with Crippen LogP contribution in [0.3, 0.4) is 0 Å². The minimum absolute atomic E-state index is 0.101. The maximum absolute atomic E-state index is 13.3. The van der Waals surface area contributed by atoms with Gasteiger partial charge in [0.2, 0.25) is 5.91 Å². The van der Waals surface area contributed by atoms with Gasteiger partial charge in [0.05, 0.1) is 12.5 Å². The first-order chi connectivity index (χ1) is 16.5. The van der Waals surface area contributed by atoms with Crippen molar-refractivity contribution in [2.75, 3.05) is 17.6 Å². The zero-order valence-corrected chi connectivity index (χ0v) is 20.9. The van der Waals surface area contributed by atoms with E-state index in [9.17, 15) is 24.3 Å². The van der Waals surface area contributed by atoms with Crippen molar-refractivity contribution in [3.8, 4) is 0 Å². The van der Waals surface area contributed by atoms with Crippen LogP contribution in [0, 0.1) is 0 Å². The number of halogens is 1. The molecule has 3 rings (SSSR count). The fourth-order valence-electron chi connectivity index (χ4n) is 3.42. The summed E-state index contributed by atoms with van der Waals surface area (Å²) in [5, 5.41) is 15.8. The van der Waals surface area contributed by atoms with E-state index in [1.54, 1.807) is 45.0 Å². The van der Waals surface area contributed by atoms with E-state index in [0.29, 0.717) is 16.3 Å². The number of carbonyl (C=O) groups excluding carboxylic acids is 4. The number of hydrogen-bond donors (Lipinski definition) is 2. The lowest BCUT2D eigenvalue weighted by atomic mass is 10.1. The van der Waals surface area contributed by atoms with E-state index in [1.807, 2.05) is 0 Å². The van der Waals surface area contributed by atoms with E-state index in [2.05, 4.69) is 10.6 Å². The molecule has 1 saturated heterocycles. The summed E-state index contributed by atoms with van der Waals surface area (Å²) in [6, 6.07) is 11.0. The molecule has 1 heterocycles. The molecule has 2 unspecified atom stereocenters. The second-order valence-electron chi connectivity index (χ2n) is 8.73. The number of carboxylic acid groups (broad SMARTS) is 1. The van der Waals surface area contributed by atoms with Crippen molar-refractivity contribution in [1.82, 2.24) is 10.2 Å². The Morgan fingerprint density at radius 2 is 1.86 bits per heavy atom. The fourth-order valence-corrected chi connectivity index (χ4v) is 5.20. The zero-order valence-electron chi connectivity index (χ0n) is 19.4. The predicted octanol–water partition coefficient (Wildman–Crippen LogP) is 2.81. The van der Waals surface area contributed by atoms with Gasteiger partial charge in [0, 0.05) is 22.0 Å². The van der Waals surface area contributed by atoms with Crippen LogP contribution in [0.1, 0.15) is 42.1 Å². The van der Waals surface area contributed by atoms with Gasteiger partial charge >= 0.3 is 12.0 Å². The Bertz CT molecular complexity index is 1140. The van der Waals surface area contributed by atoms with Crippen molar-refractivity contribution < 1.29 is 29.0 Å². The molecular weight excluding hydrogens is 494 g/mol. The van der Waals surface area contributed by atoms with Crippen molar-refractivity contribution in [3.05, 3.63) is 64.7 Å². The third-order valence-electron chi connectivity index (χ3n) is 4.89. The van der Waals surface area contributed by atoms with Crippen LogP contribution in [0.2, 0.25) is 5.02 Å². The fraction of sp³-hybridized carbons (Fsp3) is 0.333. The molecule has 0 saturated carbocycles. The third-order valence-corrected chi connectivity index (χ3v) is 6.54. The van der Waals surface area contributed by atoms with Gasteiger partial charge in [-0.25, -0.2) is 9.59 Å². The summed E-state index contributed by atoms with van der Waals surface area (Å²) >= 11 is 7.75. The van der Waals surface area contributed by atoms with E-state index in [4.69, 9.17) is 16.3 Å². The number of nitrogens with zero attached hydrogens (tertiary/aromatic N) is 1. The van der Waals surface area contributed by atoms with Crippen molar-refractivity contribution in [2.45, 2.75) is 37.8 Å². The molecule has 1 fully saturated rings. The van der Waals surface area contributed by atoms with Crippen molar-refractivity contribution in [1.29, 1.82) is 0 Å². The lowest BCUT2D eigenvalue weighted by molar-refractivity contribution is -0.255. The number of ether oxygens (including phenoxy) is 1. The Hall–Kier alpha value is -3.24. The minimum Gasteiger partial charge on any atom is -0.545 e. The highest BCUT2D eigenvalue weighted by atomic mass is 35.5. The number of urea groups is 1.